The van der Waals surface area contributed by atoms with E-state index in [0.29, 0.717) is 34.2 Å². The standard InChI is InChI=1S/C48H56F9NO8/c1-5-6-7-8-9-10-11-12-13-14-15-16-26-33-39(66-42(61)45(64-4,48(55,56)57)37-31-24-19-25-32-37)38(58-40(59)43(62-2,46(49,50)51)35-27-20-17-21-28-35)34-65-41(60)44(63-3,47(52,53)54)36-29-22-18-23-30-36/h17-25,27-32,38-39H,5-16,34H2,1-4H3,(H,58,59)/t38-,39+,43+,44+,45+/m0/s1. The topological polar surface area (TPSA) is 109 Å². The lowest BCUT2D eigenvalue weighted by molar-refractivity contribution is -0.279. The average molecular weight is 946 g/mol. The summed E-state index contributed by atoms with van der Waals surface area (Å²) in [5, 5.41) is 1.88. The van der Waals surface area contributed by atoms with Crippen molar-refractivity contribution in [2.75, 3.05) is 27.9 Å². The average Bonchev–Trinajstić information content (AvgIpc) is 3.27. The summed E-state index contributed by atoms with van der Waals surface area (Å²) in [6.45, 7) is 0.556. The van der Waals surface area contributed by atoms with E-state index in [9.17, 15) is 27.6 Å². The summed E-state index contributed by atoms with van der Waals surface area (Å²) in [5.74, 6) is -1.53. The number of benzene rings is 3. The first-order chi connectivity index (χ1) is 31.2. The predicted molar refractivity (Wildman–Crippen MR) is 225 cm³/mol. The van der Waals surface area contributed by atoms with Crippen molar-refractivity contribution < 1.29 is 77.6 Å². The van der Waals surface area contributed by atoms with Crippen LogP contribution in [0.2, 0.25) is 0 Å². The Labute approximate surface area is 379 Å². The Kier molecular flexibility index (Phi) is 21.0. The molecule has 364 valence electrons. The first kappa shape index (κ1) is 55.2. The lowest BCUT2D eigenvalue weighted by Crippen LogP contribution is -2.61. The van der Waals surface area contributed by atoms with Crippen LogP contribution in [0.3, 0.4) is 0 Å². The van der Waals surface area contributed by atoms with Gasteiger partial charge in [0.15, 0.2) is 6.10 Å². The zero-order valence-corrected chi connectivity index (χ0v) is 37.2. The Morgan fingerprint density at radius 3 is 1.27 bits per heavy atom. The van der Waals surface area contributed by atoms with Crippen molar-refractivity contribution in [3.05, 3.63) is 108 Å². The molecule has 1 N–H and O–H groups in total. The van der Waals surface area contributed by atoms with Gasteiger partial charge in [-0.1, -0.05) is 174 Å². The van der Waals surface area contributed by atoms with E-state index in [1.165, 1.54) is 31.0 Å². The molecule has 0 aliphatic rings. The van der Waals surface area contributed by atoms with Crippen molar-refractivity contribution in [3.63, 3.8) is 0 Å². The van der Waals surface area contributed by atoms with Crippen molar-refractivity contribution in [1.29, 1.82) is 0 Å². The van der Waals surface area contributed by atoms with Crippen LogP contribution in [-0.4, -0.2) is 76.5 Å². The molecule has 0 radical (unpaired) electrons. The SMILES string of the molecule is CCCCCCCCCCCCCC#C[C@@H](OC(=O)[C@](OC)(c1ccccc1)C(F)(F)F)[C@H](COC(=O)[C@](OC)(c1ccccc1)C(F)(F)F)NC(=O)[C@](OC)(c1ccccc1)C(F)(F)F. The molecule has 0 bridgehead atoms. The number of carbonyl (C=O) groups is 3. The van der Waals surface area contributed by atoms with Crippen molar-refractivity contribution >= 4 is 17.8 Å². The maximum Gasteiger partial charge on any atom is 0.432 e. The van der Waals surface area contributed by atoms with E-state index < -0.39 is 88.6 Å². The summed E-state index contributed by atoms with van der Waals surface area (Å²) in [7, 11) is 1.61. The van der Waals surface area contributed by atoms with Crippen LogP contribution < -0.4 is 5.32 Å². The van der Waals surface area contributed by atoms with Crippen LogP contribution in [0.1, 0.15) is 101 Å². The molecule has 0 aliphatic heterocycles. The molecule has 0 spiro atoms. The molecule has 0 saturated carbocycles. The van der Waals surface area contributed by atoms with E-state index in [1.54, 1.807) is 0 Å². The van der Waals surface area contributed by atoms with Crippen LogP contribution >= 0.6 is 0 Å². The number of methoxy groups -OCH3 is 3. The van der Waals surface area contributed by atoms with Crippen LogP contribution in [0, 0.1) is 11.8 Å². The van der Waals surface area contributed by atoms with Gasteiger partial charge < -0.3 is 29.0 Å². The number of unbranched alkanes of at least 4 members (excludes halogenated alkanes) is 11. The fourth-order valence-electron chi connectivity index (χ4n) is 7.40. The number of carbonyl (C=O) groups excluding carboxylic acids is 3. The molecule has 0 fully saturated rings. The Morgan fingerprint density at radius 2 is 0.894 bits per heavy atom. The molecule has 0 saturated heterocycles. The zero-order chi connectivity index (χ0) is 49.1. The molecular weight excluding hydrogens is 890 g/mol. The minimum Gasteiger partial charge on any atom is -0.461 e. The quantitative estimate of drug-likeness (QED) is 0.0387. The molecule has 18 heteroatoms. The van der Waals surface area contributed by atoms with E-state index in [-0.39, 0.29) is 6.42 Å². The molecule has 5 atom stereocenters. The van der Waals surface area contributed by atoms with Gasteiger partial charge in [-0.15, -0.1) is 0 Å². The first-order valence-corrected chi connectivity index (χ1v) is 21.4. The van der Waals surface area contributed by atoms with Gasteiger partial charge in [-0.3, -0.25) is 4.79 Å². The Hall–Kier alpha value is -5.12. The summed E-state index contributed by atoms with van der Waals surface area (Å²) in [5.41, 5.74) is -14.1. The van der Waals surface area contributed by atoms with Gasteiger partial charge in [0.05, 0.1) is 0 Å². The van der Waals surface area contributed by atoms with Gasteiger partial charge in [-0.25, -0.2) is 9.59 Å². The Morgan fingerprint density at radius 1 is 0.530 bits per heavy atom. The van der Waals surface area contributed by atoms with E-state index >= 15 is 26.3 Å². The van der Waals surface area contributed by atoms with Gasteiger partial charge >= 0.3 is 30.5 Å². The number of hydrogen-bond acceptors (Lipinski definition) is 8. The molecule has 3 rings (SSSR count). The highest BCUT2D eigenvalue weighted by Crippen LogP contribution is 2.46. The van der Waals surface area contributed by atoms with E-state index in [1.807, 2.05) is 5.32 Å². The number of amides is 1. The van der Waals surface area contributed by atoms with Gasteiger partial charge in [0.2, 0.25) is 0 Å². The highest BCUT2D eigenvalue weighted by atomic mass is 19.4. The number of hydrogen-bond donors (Lipinski definition) is 1. The van der Waals surface area contributed by atoms with Crippen molar-refractivity contribution in [2.24, 2.45) is 0 Å². The van der Waals surface area contributed by atoms with Crippen LogP contribution in [0.4, 0.5) is 39.5 Å². The van der Waals surface area contributed by atoms with Crippen LogP contribution in [0.5, 0.6) is 0 Å². The molecule has 3 aromatic rings. The largest absolute Gasteiger partial charge is 0.461 e. The van der Waals surface area contributed by atoms with E-state index in [4.69, 9.17) is 23.7 Å². The number of ether oxygens (including phenoxy) is 5. The highest BCUT2D eigenvalue weighted by molar-refractivity contribution is 5.88. The molecule has 0 unspecified atom stereocenters. The lowest BCUT2D eigenvalue weighted by Gasteiger charge is -2.37. The third kappa shape index (κ3) is 13.1. The summed E-state index contributed by atoms with van der Waals surface area (Å²) >= 11 is 0. The fourth-order valence-corrected chi connectivity index (χ4v) is 7.40. The molecule has 9 nitrogen and oxygen atoms in total. The number of alkyl halides is 9. The summed E-state index contributed by atoms with van der Waals surface area (Å²) in [4.78, 5) is 41.9. The first-order valence-electron chi connectivity index (χ1n) is 21.4. The van der Waals surface area contributed by atoms with Crippen LogP contribution in [0.25, 0.3) is 0 Å². The third-order valence-electron chi connectivity index (χ3n) is 11.0. The van der Waals surface area contributed by atoms with Crippen molar-refractivity contribution in [2.45, 2.75) is 131 Å². The second-order valence-electron chi connectivity index (χ2n) is 15.4. The Bertz CT molecular complexity index is 2010. The zero-order valence-electron chi connectivity index (χ0n) is 37.2. The summed E-state index contributed by atoms with van der Waals surface area (Å²) < 4.78 is 160. The van der Waals surface area contributed by atoms with Gasteiger partial charge in [-0.2, -0.15) is 39.5 Å². The number of nitrogens with one attached hydrogen (secondary N) is 1. The van der Waals surface area contributed by atoms with Crippen molar-refractivity contribution in [3.8, 4) is 11.8 Å². The van der Waals surface area contributed by atoms with Gasteiger partial charge in [0.1, 0.15) is 12.6 Å². The summed E-state index contributed by atoms with van der Waals surface area (Å²) in [6, 6.07) is 13.7. The maximum absolute atomic E-state index is 15.1. The minimum atomic E-state index is -5.59. The number of halogens is 9. The number of esters is 2. The number of rotatable bonds is 25. The predicted octanol–water partition coefficient (Wildman–Crippen LogP) is 10.9. The second-order valence-corrected chi connectivity index (χ2v) is 15.4. The highest BCUT2D eigenvalue weighted by Gasteiger charge is 2.67. The molecule has 3 aromatic carbocycles. The minimum absolute atomic E-state index is 0.0116. The van der Waals surface area contributed by atoms with Gasteiger partial charge in [0, 0.05) is 44.4 Å². The van der Waals surface area contributed by atoms with Gasteiger partial charge in [-0.05, 0) is 6.42 Å². The smallest absolute Gasteiger partial charge is 0.432 e. The lowest BCUT2D eigenvalue weighted by atomic mass is 9.90. The molecule has 66 heavy (non-hydrogen) atoms. The van der Waals surface area contributed by atoms with Gasteiger partial charge in [0.25, 0.3) is 22.7 Å². The molecule has 0 aliphatic carbocycles. The van der Waals surface area contributed by atoms with Crippen LogP contribution in [0.15, 0.2) is 91.0 Å². The van der Waals surface area contributed by atoms with E-state index in [0.717, 1.165) is 118 Å². The second kappa shape index (κ2) is 25.1. The third-order valence-corrected chi connectivity index (χ3v) is 11.0. The summed E-state index contributed by atoms with van der Waals surface area (Å²) in [6.07, 6.45) is -8.69. The van der Waals surface area contributed by atoms with E-state index in [2.05, 4.69) is 18.8 Å². The Balaban J connectivity index is 2.16. The molecule has 0 heterocycles. The fraction of sp³-hybridized carbons (Fsp3) is 0.521. The van der Waals surface area contributed by atoms with Crippen molar-refractivity contribution in [1.82, 2.24) is 5.32 Å². The molecule has 1 amide bonds. The maximum atomic E-state index is 15.1. The van der Waals surface area contributed by atoms with Crippen LogP contribution in [-0.2, 0) is 54.9 Å². The molecular formula is C48H56F9NO8. The normalized spacial score (nSPS) is 15.7. The molecule has 0 aromatic heterocycles. The monoisotopic (exact) mass is 945 g/mol.